The quantitative estimate of drug-likeness (QED) is 0.670. The summed E-state index contributed by atoms with van der Waals surface area (Å²) in [6.07, 6.45) is 0.476. The molecule has 0 atom stereocenters. The third-order valence-electron chi connectivity index (χ3n) is 2.10. The van der Waals surface area contributed by atoms with Crippen LogP contribution in [-0.2, 0) is 6.42 Å². The minimum atomic E-state index is -0.440. The largest absolute Gasteiger partial charge is 0.484 e. The first-order valence-electron chi connectivity index (χ1n) is 5.29. The maximum absolute atomic E-state index is 11.0. The van der Waals surface area contributed by atoms with E-state index in [1.54, 1.807) is 6.07 Å². The van der Waals surface area contributed by atoms with Crippen LogP contribution >= 0.6 is 15.9 Å². The Morgan fingerprint density at radius 2 is 2.18 bits per heavy atom. The summed E-state index contributed by atoms with van der Waals surface area (Å²) in [6.45, 7) is 4.09. The van der Waals surface area contributed by atoms with Gasteiger partial charge in [-0.15, -0.1) is 0 Å². The van der Waals surface area contributed by atoms with Crippen molar-refractivity contribution < 1.29 is 9.66 Å². The summed E-state index contributed by atoms with van der Waals surface area (Å²) in [4.78, 5) is 10.5. The molecular weight excluding hydrogens is 288 g/mol. The maximum Gasteiger partial charge on any atom is 0.311 e. The van der Waals surface area contributed by atoms with Crippen LogP contribution < -0.4 is 10.5 Å². The molecule has 0 saturated heterocycles. The van der Waals surface area contributed by atoms with Crippen molar-refractivity contribution in [2.75, 3.05) is 6.54 Å². The second kappa shape index (κ2) is 5.97. The van der Waals surface area contributed by atoms with Gasteiger partial charge in [-0.3, -0.25) is 10.1 Å². The van der Waals surface area contributed by atoms with Crippen LogP contribution in [0.1, 0.15) is 19.4 Å². The van der Waals surface area contributed by atoms with Crippen LogP contribution in [0.2, 0.25) is 0 Å². The van der Waals surface area contributed by atoms with Crippen LogP contribution in [0.25, 0.3) is 0 Å². The van der Waals surface area contributed by atoms with Crippen molar-refractivity contribution in [2.45, 2.75) is 26.4 Å². The smallest absolute Gasteiger partial charge is 0.311 e. The number of nitro benzene ring substituents is 1. The highest BCUT2D eigenvalue weighted by molar-refractivity contribution is 9.10. The van der Waals surface area contributed by atoms with E-state index in [0.29, 0.717) is 13.0 Å². The number of rotatable bonds is 5. The lowest BCUT2D eigenvalue weighted by Gasteiger charge is -2.12. The number of nitrogens with two attached hydrogens (primary N) is 1. The molecule has 1 rings (SSSR count). The molecular formula is C11H15BrN2O3. The molecule has 94 valence electrons. The second-order valence-corrected chi connectivity index (χ2v) is 4.73. The fourth-order valence-corrected chi connectivity index (χ4v) is 1.95. The highest BCUT2D eigenvalue weighted by Crippen LogP contribution is 2.34. The molecule has 0 aliphatic heterocycles. The second-order valence-electron chi connectivity index (χ2n) is 3.87. The predicted octanol–water partition coefficient (Wildman–Crippen LogP) is 2.65. The molecule has 17 heavy (non-hydrogen) atoms. The average molecular weight is 303 g/mol. The minimum Gasteiger partial charge on any atom is -0.484 e. The van der Waals surface area contributed by atoms with Gasteiger partial charge in [0.25, 0.3) is 0 Å². The molecule has 0 spiro atoms. The predicted molar refractivity (Wildman–Crippen MR) is 69.3 cm³/mol. The van der Waals surface area contributed by atoms with Gasteiger partial charge in [0.05, 0.1) is 11.0 Å². The molecule has 0 aliphatic rings. The van der Waals surface area contributed by atoms with Gasteiger partial charge in [0, 0.05) is 16.6 Å². The topological polar surface area (TPSA) is 78.4 Å². The van der Waals surface area contributed by atoms with Gasteiger partial charge in [0.15, 0.2) is 5.75 Å². The zero-order chi connectivity index (χ0) is 13.0. The summed E-state index contributed by atoms with van der Waals surface area (Å²) in [6, 6.07) is 3.14. The number of ether oxygens (including phenoxy) is 1. The molecule has 0 aromatic heterocycles. The molecule has 5 nitrogen and oxygen atoms in total. The number of nitrogens with zero attached hydrogens (tertiary/aromatic N) is 1. The van der Waals surface area contributed by atoms with E-state index in [1.807, 2.05) is 13.8 Å². The number of halogens is 1. The highest BCUT2D eigenvalue weighted by Gasteiger charge is 2.19. The van der Waals surface area contributed by atoms with Gasteiger partial charge in [-0.2, -0.15) is 0 Å². The van der Waals surface area contributed by atoms with E-state index in [1.165, 1.54) is 6.07 Å². The zero-order valence-electron chi connectivity index (χ0n) is 9.77. The molecule has 1 aromatic rings. The van der Waals surface area contributed by atoms with Gasteiger partial charge in [-0.05, 0) is 32.4 Å². The summed E-state index contributed by atoms with van der Waals surface area (Å²) < 4.78 is 6.20. The first kappa shape index (κ1) is 13.9. The van der Waals surface area contributed by atoms with Crippen molar-refractivity contribution in [1.29, 1.82) is 0 Å². The Bertz CT molecular complexity index is 421. The molecule has 0 saturated carbocycles. The summed E-state index contributed by atoms with van der Waals surface area (Å²) in [7, 11) is 0. The van der Waals surface area contributed by atoms with E-state index in [0.717, 1.165) is 10.0 Å². The normalized spacial score (nSPS) is 10.6. The highest BCUT2D eigenvalue weighted by atomic mass is 79.9. The Kier molecular flexibility index (Phi) is 4.89. The van der Waals surface area contributed by atoms with Crippen LogP contribution in [0.3, 0.4) is 0 Å². The van der Waals surface area contributed by atoms with E-state index < -0.39 is 4.92 Å². The molecule has 6 heteroatoms. The van der Waals surface area contributed by atoms with Gasteiger partial charge in [-0.25, -0.2) is 0 Å². The average Bonchev–Trinajstić information content (AvgIpc) is 2.20. The van der Waals surface area contributed by atoms with Crippen molar-refractivity contribution in [3.63, 3.8) is 0 Å². The van der Waals surface area contributed by atoms with Crippen molar-refractivity contribution in [3.05, 3.63) is 32.3 Å². The third kappa shape index (κ3) is 3.67. The number of benzene rings is 1. The van der Waals surface area contributed by atoms with Crippen LogP contribution in [0.15, 0.2) is 16.6 Å². The first-order chi connectivity index (χ1) is 7.95. The number of hydrogen-bond donors (Lipinski definition) is 1. The summed E-state index contributed by atoms with van der Waals surface area (Å²) in [5.41, 5.74) is 6.24. The molecule has 0 bridgehead atoms. The molecule has 0 fully saturated rings. The van der Waals surface area contributed by atoms with Crippen molar-refractivity contribution in [1.82, 2.24) is 0 Å². The fourth-order valence-electron chi connectivity index (χ4n) is 1.42. The first-order valence-corrected chi connectivity index (χ1v) is 6.08. The van der Waals surface area contributed by atoms with Crippen molar-refractivity contribution >= 4 is 21.6 Å². The van der Waals surface area contributed by atoms with E-state index in [9.17, 15) is 10.1 Å². The summed E-state index contributed by atoms with van der Waals surface area (Å²) in [5.74, 6) is 0.276. The number of nitro groups is 1. The molecule has 1 aromatic carbocycles. The van der Waals surface area contributed by atoms with Crippen LogP contribution in [0, 0.1) is 10.1 Å². The Labute approximate surface area is 108 Å². The third-order valence-corrected chi connectivity index (χ3v) is 2.84. The van der Waals surface area contributed by atoms with Gasteiger partial charge in [0.2, 0.25) is 0 Å². The molecule has 0 amide bonds. The Morgan fingerprint density at radius 1 is 1.53 bits per heavy atom. The van der Waals surface area contributed by atoms with E-state index in [4.69, 9.17) is 10.5 Å². The fraction of sp³-hybridized carbons (Fsp3) is 0.455. The molecule has 0 radical (unpaired) electrons. The standard InChI is InChI=1S/C11H15BrN2O3/c1-7(2)17-11-6-9(12)8(3-4-13)5-10(11)14(15)16/h5-7H,3-4,13H2,1-2H3. The van der Waals surface area contributed by atoms with Crippen LogP contribution in [-0.4, -0.2) is 17.6 Å². The van der Waals surface area contributed by atoms with E-state index in [-0.39, 0.29) is 17.5 Å². The summed E-state index contributed by atoms with van der Waals surface area (Å²) in [5, 5.41) is 11.0. The van der Waals surface area contributed by atoms with Crippen LogP contribution in [0.4, 0.5) is 5.69 Å². The molecule has 0 heterocycles. The number of hydrogen-bond acceptors (Lipinski definition) is 4. The SMILES string of the molecule is CC(C)Oc1cc(Br)c(CCN)cc1[N+](=O)[O-]. The molecule has 0 aliphatic carbocycles. The zero-order valence-corrected chi connectivity index (χ0v) is 11.4. The van der Waals surface area contributed by atoms with Crippen LogP contribution in [0.5, 0.6) is 5.75 Å². The molecule has 2 N–H and O–H groups in total. The van der Waals surface area contributed by atoms with Crippen molar-refractivity contribution in [3.8, 4) is 5.75 Å². The Balaban J connectivity index is 3.20. The van der Waals surface area contributed by atoms with E-state index in [2.05, 4.69) is 15.9 Å². The summed E-state index contributed by atoms with van der Waals surface area (Å²) >= 11 is 3.36. The lowest BCUT2D eigenvalue weighted by molar-refractivity contribution is -0.386. The Morgan fingerprint density at radius 3 is 2.65 bits per heavy atom. The van der Waals surface area contributed by atoms with E-state index >= 15 is 0 Å². The van der Waals surface area contributed by atoms with Gasteiger partial charge < -0.3 is 10.5 Å². The monoisotopic (exact) mass is 302 g/mol. The Hall–Kier alpha value is -1.14. The lowest BCUT2D eigenvalue weighted by Crippen LogP contribution is -2.09. The molecule has 0 unspecified atom stereocenters. The minimum absolute atomic E-state index is 0.0228. The van der Waals surface area contributed by atoms with Crippen molar-refractivity contribution in [2.24, 2.45) is 5.73 Å². The van der Waals surface area contributed by atoms with Gasteiger partial charge in [-0.1, -0.05) is 15.9 Å². The van der Waals surface area contributed by atoms with Gasteiger partial charge in [0.1, 0.15) is 0 Å². The maximum atomic E-state index is 11.0. The van der Waals surface area contributed by atoms with Gasteiger partial charge >= 0.3 is 5.69 Å². The lowest BCUT2D eigenvalue weighted by atomic mass is 10.1.